The smallest absolute Gasteiger partial charge is 0.341 e. The number of ether oxygens (including phenoxy) is 1. The molecule has 0 aromatic carbocycles. The van der Waals surface area contributed by atoms with Gasteiger partial charge in [0.25, 0.3) is 0 Å². The molecule has 4 rings (SSSR count). The highest BCUT2D eigenvalue weighted by molar-refractivity contribution is 5.88. The van der Waals surface area contributed by atoms with Crippen molar-refractivity contribution < 1.29 is 14.3 Å². The quantitative estimate of drug-likeness (QED) is 0.704. The molecule has 2 aliphatic heterocycles. The lowest BCUT2D eigenvalue weighted by Gasteiger charge is -2.32. The van der Waals surface area contributed by atoms with Crippen LogP contribution in [-0.2, 0) is 29.0 Å². The number of piperidine rings is 1. The topological polar surface area (TPSA) is 93.5 Å². The zero-order chi connectivity index (χ0) is 21.3. The number of hydrogen-bond acceptors (Lipinski definition) is 7. The third-order valence-electron chi connectivity index (χ3n) is 6.17. The maximum absolute atomic E-state index is 11.7. The summed E-state index contributed by atoms with van der Waals surface area (Å²) in [4.78, 5) is 36.0. The lowest BCUT2D eigenvalue weighted by Crippen LogP contribution is -2.37. The van der Waals surface area contributed by atoms with Crippen molar-refractivity contribution in [3.05, 3.63) is 34.9 Å². The van der Waals surface area contributed by atoms with E-state index in [-0.39, 0.29) is 5.91 Å². The van der Waals surface area contributed by atoms with Crippen LogP contribution in [0.1, 0.15) is 47.1 Å². The van der Waals surface area contributed by atoms with E-state index in [0.717, 1.165) is 51.1 Å². The Morgan fingerprint density at radius 3 is 2.50 bits per heavy atom. The molecule has 4 heterocycles. The van der Waals surface area contributed by atoms with Gasteiger partial charge in [-0.3, -0.25) is 9.48 Å². The van der Waals surface area contributed by atoms with E-state index in [9.17, 15) is 9.59 Å². The minimum absolute atomic E-state index is 0.127. The molecule has 0 saturated carbocycles. The van der Waals surface area contributed by atoms with Gasteiger partial charge in [-0.1, -0.05) is 0 Å². The number of hydrogen-bond donors (Lipinski definition) is 0. The summed E-state index contributed by atoms with van der Waals surface area (Å²) in [5, 5.41) is 4.79. The van der Waals surface area contributed by atoms with Crippen molar-refractivity contribution in [1.29, 1.82) is 0 Å². The molecule has 0 aliphatic carbocycles. The van der Waals surface area contributed by atoms with E-state index in [4.69, 9.17) is 9.84 Å². The van der Waals surface area contributed by atoms with Crippen LogP contribution in [0.3, 0.4) is 0 Å². The third kappa shape index (κ3) is 4.01. The van der Waals surface area contributed by atoms with Crippen LogP contribution in [0.4, 0.5) is 5.95 Å². The van der Waals surface area contributed by atoms with Crippen molar-refractivity contribution in [1.82, 2.24) is 24.6 Å². The average molecular weight is 412 g/mol. The van der Waals surface area contributed by atoms with Crippen molar-refractivity contribution in [3.8, 4) is 0 Å². The molecule has 9 nitrogen and oxygen atoms in total. The predicted molar refractivity (Wildman–Crippen MR) is 110 cm³/mol. The van der Waals surface area contributed by atoms with E-state index in [2.05, 4.69) is 19.5 Å². The van der Waals surface area contributed by atoms with Crippen LogP contribution in [0.15, 0.2) is 12.4 Å². The van der Waals surface area contributed by atoms with Crippen LogP contribution < -0.4 is 4.90 Å². The van der Waals surface area contributed by atoms with Crippen LogP contribution in [0.5, 0.6) is 0 Å². The molecule has 2 aliphatic rings. The number of anilines is 1. The second-order valence-corrected chi connectivity index (χ2v) is 8.08. The first-order valence-electron chi connectivity index (χ1n) is 10.4. The normalized spacial score (nSPS) is 17.0. The van der Waals surface area contributed by atoms with Crippen LogP contribution in [0.2, 0.25) is 0 Å². The molecule has 1 amide bonds. The van der Waals surface area contributed by atoms with Crippen molar-refractivity contribution in [2.45, 2.75) is 46.2 Å². The van der Waals surface area contributed by atoms with Crippen molar-refractivity contribution >= 4 is 17.8 Å². The van der Waals surface area contributed by atoms with Crippen LogP contribution in [-0.4, -0.2) is 63.3 Å². The molecule has 160 valence electrons. The van der Waals surface area contributed by atoms with Crippen LogP contribution >= 0.6 is 0 Å². The Morgan fingerprint density at radius 1 is 1.17 bits per heavy atom. The maximum Gasteiger partial charge on any atom is 0.341 e. The van der Waals surface area contributed by atoms with E-state index in [1.165, 1.54) is 30.8 Å². The number of esters is 1. The van der Waals surface area contributed by atoms with E-state index < -0.39 is 5.97 Å². The van der Waals surface area contributed by atoms with E-state index in [0.29, 0.717) is 24.0 Å². The summed E-state index contributed by atoms with van der Waals surface area (Å²) >= 11 is 0. The minimum Gasteiger partial charge on any atom is -0.465 e. The first-order valence-corrected chi connectivity index (χ1v) is 10.4. The molecule has 0 spiro atoms. The monoisotopic (exact) mass is 412 g/mol. The molecule has 2 aromatic rings. The van der Waals surface area contributed by atoms with Gasteiger partial charge >= 0.3 is 5.97 Å². The maximum atomic E-state index is 11.7. The van der Waals surface area contributed by atoms with Gasteiger partial charge in [0.1, 0.15) is 0 Å². The molecule has 0 bridgehead atoms. The van der Waals surface area contributed by atoms with E-state index >= 15 is 0 Å². The van der Waals surface area contributed by atoms with Crippen molar-refractivity contribution in [2.24, 2.45) is 5.92 Å². The predicted octanol–water partition coefficient (Wildman–Crippen LogP) is 1.59. The first-order chi connectivity index (χ1) is 14.5. The number of aromatic nitrogens is 4. The molecule has 1 saturated heterocycles. The molecule has 0 unspecified atom stereocenters. The highest BCUT2D eigenvalue weighted by Gasteiger charge is 2.27. The molecular weight excluding hydrogens is 384 g/mol. The van der Waals surface area contributed by atoms with E-state index in [1.54, 1.807) is 6.92 Å². The Labute approximate surface area is 176 Å². The zero-order valence-electron chi connectivity index (χ0n) is 17.8. The fraction of sp³-hybridized carbons (Fsp3) is 0.571. The summed E-state index contributed by atoms with van der Waals surface area (Å²) in [6.07, 6.45) is 5.98. The number of rotatable bonds is 4. The number of nitrogens with zero attached hydrogens (tertiary/aromatic N) is 6. The average Bonchev–Trinajstić information content (AvgIpc) is 3.08. The van der Waals surface area contributed by atoms with Gasteiger partial charge in [-0.25, -0.2) is 14.8 Å². The van der Waals surface area contributed by atoms with Gasteiger partial charge in [0.05, 0.1) is 18.4 Å². The fourth-order valence-corrected chi connectivity index (χ4v) is 4.35. The standard InChI is InChI=1S/C21H28N6O3/c1-14-18-13-26(15(2)28)9-6-19(18)27(24-14)12-16-4-7-25(8-5-16)21-22-10-17(11-23-21)20(29)30-3/h10-11,16H,4-9,12-13H2,1-3H3. The molecule has 1 fully saturated rings. The van der Waals surface area contributed by atoms with Gasteiger partial charge in [0.15, 0.2) is 0 Å². The minimum atomic E-state index is -0.426. The zero-order valence-corrected chi connectivity index (χ0v) is 17.8. The fourth-order valence-electron chi connectivity index (χ4n) is 4.35. The van der Waals surface area contributed by atoms with Crippen LogP contribution in [0, 0.1) is 12.8 Å². The van der Waals surface area contributed by atoms with Gasteiger partial charge in [0, 0.05) is 69.7 Å². The second-order valence-electron chi connectivity index (χ2n) is 8.08. The van der Waals surface area contributed by atoms with E-state index in [1.807, 2.05) is 11.8 Å². The number of fused-ring (bicyclic) bond motifs is 1. The lowest BCUT2D eigenvalue weighted by atomic mass is 9.96. The summed E-state index contributed by atoms with van der Waals surface area (Å²) in [5.41, 5.74) is 3.90. The largest absolute Gasteiger partial charge is 0.465 e. The Bertz CT molecular complexity index is 931. The number of methoxy groups -OCH3 is 1. The van der Waals surface area contributed by atoms with Crippen LogP contribution in [0.25, 0.3) is 0 Å². The molecule has 0 atom stereocenters. The lowest BCUT2D eigenvalue weighted by molar-refractivity contribution is -0.129. The Hall–Kier alpha value is -2.97. The van der Waals surface area contributed by atoms with Gasteiger partial charge in [-0.05, 0) is 25.7 Å². The van der Waals surface area contributed by atoms with Crippen molar-refractivity contribution in [3.63, 3.8) is 0 Å². The Morgan fingerprint density at radius 2 is 1.87 bits per heavy atom. The molecular formula is C21H28N6O3. The first kappa shape index (κ1) is 20.3. The summed E-state index contributed by atoms with van der Waals surface area (Å²) in [6, 6.07) is 0. The summed E-state index contributed by atoms with van der Waals surface area (Å²) in [7, 11) is 1.35. The number of carbonyl (C=O) groups is 2. The Kier molecular flexibility index (Phi) is 5.69. The van der Waals surface area contributed by atoms with Gasteiger partial charge in [-0.15, -0.1) is 0 Å². The number of carbonyl (C=O) groups excluding carboxylic acids is 2. The van der Waals surface area contributed by atoms with Gasteiger partial charge < -0.3 is 14.5 Å². The highest BCUT2D eigenvalue weighted by Crippen LogP contribution is 2.26. The highest BCUT2D eigenvalue weighted by atomic mass is 16.5. The molecule has 30 heavy (non-hydrogen) atoms. The molecule has 2 aromatic heterocycles. The molecule has 9 heteroatoms. The van der Waals surface area contributed by atoms with Gasteiger partial charge in [0.2, 0.25) is 11.9 Å². The summed E-state index contributed by atoms with van der Waals surface area (Å²) in [6.45, 7) is 7.78. The number of aryl methyl sites for hydroxylation is 1. The summed E-state index contributed by atoms with van der Waals surface area (Å²) in [5.74, 6) is 0.897. The van der Waals surface area contributed by atoms with Gasteiger partial charge in [-0.2, -0.15) is 5.10 Å². The molecule has 0 radical (unpaired) electrons. The third-order valence-corrected chi connectivity index (χ3v) is 6.17. The number of amides is 1. The second kappa shape index (κ2) is 8.41. The summed E-state index contributed by atoms with van der Waals surface area (Å²) < 4.78 is 6.86. The van der Waals surface area contributed by atoms with Crippen molar-refractivity contribution in [2.75, 3.05) is 31.6 Å². The SMILES string of the molecule is COC(=O)c1cnc(N2CCC(Cn3nc(C)c4c3CCN(C(C)=O)C4)CC2)nc1. The Balaban J connectivity index is 1.36. The molecule has 0 N–H and O–H groups in total.